The van der Waals surface area contributed by atoms with E-state index in [-0.39, 0.29) is 5.92 Å². The lowest BCUT2D eigenvalue weighted by molar-refractivity contribution is -0.329. The monoisotopic (exact) mass is 451 g/mol. The molecular formula is C19H33NO11. The summed E-state index contributed by atoms with van der Waals surface area (Å²) in [6, 6.07) is -0.901. The molecule has 12 nitrogen and oxygen atoms in total. The summed E-state index contributed by atoms with van der Waals surface area (Å²) in [6.07, 6.45) is -11.8. The van der Waals surface area contributed by atoms with Gasteiger partial charge in [0.25, 0.3) is 0 Å². The molecule has 2 saturated heterocycles. The molecular weight excluding hydrogens is 418 g/mol. The van der Waals surface area contributed by atoms with E-state index in [1.54, 1.807) is 0 Å². The zero-order valence-corrected chi connectivity index (χ0v) is 18.0. The van der Waals surface area contributed by atoms with Crippen molar-refractivity contribution in [2.45, 2.75) is 88.4 Å². The summed E-state index contributed by atoms with van der Waals surface area (Å²) >= 11 is 0. The fourth-order valence-corrected chi connectivity index (χ4v) is 3.98. The molecule has 1 amide bonds. The second kappa shape index (κ2) is 11.0. The third kappa shape index (κ3) is 5.52. The Morgan fingerprint density at radius 1 is 1.10 bits per heavy atom. The van der Waals surface area contributed by atoms with E-state index in [0.717, 1.165) is 0 Å². The molecule has 0 aromatic heterocycles. The Morgan fingerprint density at radius 3 is 2.23 bits per heavy atom. The Morgan fingerprint density at radius 2 is 1.74 bits per heavy atom. The summed E-state index contributed by atoms with van der Waals surface area (Å²) in [6.45, 7) is 4.50. The van der Waals surface area contributed by atoms with Gasteiger partial charge in [-0.3, -0.25) is 4.79 Å². The van der Waals surface area contributed by atoms with Gasteiger partial charge in [-0.05, 0) is 5.92 Å². The number of aliphatic hydroxyl groups is 4. The van der Waals surface area contributed by atoms with E-state index >= 15 is 0 Å². The Labute approximate surface area is 180 Å². The second-order valence-electron chi connectivity index (χ2n) is 7.97. The molecule has 2 heterocycles. The van der Waals surface area contributed by atoms with E-state index in [9.17, 15) is 35.1 Å². The van der Waals surface area contributed by atoms with E-state index in [0.29, 0.717) is 6.42 Å². The molecule has 0 saturated carbocycles. The third-order valence-electron chi connectivity index (χ3n) is 5.86. The maximum Gasteiger partial charge on any atom is 0.335 e. The number of methoxy groups -OCH3 is 1. The molecule has 10 unspecified atom stereocenters. The molecule has 0 bridgehead atoms. The van der Waals surface area contributed by atoms with Crippen molar-refractivity contribution in [3.8, 4) is 0 Å². The summed E-state index contributed by atoms with van der Waals surface area (Å²) in [5.41, 5.74) is 0. The van der Waals surface area contributed by atoms with E-state index in [4.69, 9.17) is 18.9 Å². The van der Waals surface area contributed by atoms with Crippen LogP contribution in [0.2, 0.25) is 0 Å². The maximum absolute atomic E-state index is 11.8. The first-order valence-electron chi connectivity index (χ1n) is 10.2. The summed E-state index contributed by atoms with van der Waals surface area (Å²) in [5.74, 6) is -1.99. The van der Waals surface area contributed by atoms with Gasteiger partial charge in [0, 0.05) is 14.0 Å². The Bertz CT molecular complexity index is 620. The van der Waals surface area contributed by atoms with E-state index in [2.05, 4.69) is 5.32 Å². The number of aliphatic carboxylic acids is 1. The maximum atomic E-state index is 11.8. The number of rotatable bonds is 8. The van der Waals surface area contributed by atoms with Gasteiger partial charge in [-0.2, -0.15) is 0 Å². The van der Waals surface area contributed by atoms with Gasteiger partial charge in [-0.25, -0.2) is 4.79 Å². The average molecular weight is 451 g/mol. The zero-order valence-electron chi connectivity index (χ0n) is 18.0. The first-order chi connectivity index (χ1) is 14.6. The fraction of sp³-hybridized carbons (Fsp3) is 0.895. The highest BCUT2D eigenvalue weighted by Crippen LogP contribution is 2.32. The molecule has 12 heteroatoms. The van der Waals surface area contributed by atoms with Crippen LogP contribution in [-0.4, -0.2) is 112 Å². The molecule has 2 aliphatic rings. The summed E-state index contributed by atoms with van der Waals surface area (Å²) < 4.78 is 21.9. The van der Waals surface area contributed by atoms with Crippen molar-refractivity contribution in [3.63, 3.8) is 0 Å². The molecule has 2 fully saturated rings. The molecule has 0 aromatic carbocycles. The van der Waals surface area contributed by atoms with Crippen LogP contribution < -0.4 is 5.32 Å². The Balaban J connectivity index is 2.36. The topological polar surface area (TPSA) is 184 Å². The van der Waals surface area contributed by atoms with Crippen molar-refractivity contribution < 1.29 is 54.1 Å². The van der Waals surface area contributed by atoms with Crippen molar-refractivity contribution >= 4 is 11.9 Å². The average Bonchev–Trinajstić information content (AvgIpc) is 2.72. The van der Waals surface area contributed by atoms with Gasteiger partial charge >= 0.3 is 5.97 Å². The van der Waals surface area contributed by atoms with Gasteiger partial charge in [0.2, 0.25) is 5.91 Å². The lowest BCUT2D eigenvalue weighted by Gasteiger charge is -2.49. The van der Waals surface area contributed by atoms with Crippen LogP contribution >= 0.6 is 0 Å². The first-order valence-corrected chi connectivity index (χ1v) is 10.2. The number of nitrogens with one attached hydrogen (secondary N) is 1. The molecule has 6 N–H and O–H groups in total. The van der Waals surface area contributed by atoms with E-state index in [1.165, 1.54) is 14.0 Å². The normalized spacial score (nSPS) is 42.1. The molecule has 0 radical (unpaired) electrons. The van der Waals surface area contributed by atoms with Gasteiger partial charge in [0.05, 0.1) is 18.8 Å². The second-order valence-corrected chi connectivity index (χ2v) is 7.97. The predicted molar refractivity (Wildman–Crippen MR) is 103 cm³/mol. The summed E-state index contributed by atoms with van der Waals surface area (Å²) in [4.78, 5) is 23.4. The highest BCUT2D eigenvalue weighted by Gasteiger charge is 2.53. The van der Waals surface area contributed by atoms with Crippen LogP contribution in [0.4, 0.5) is 0 Å². The summed E-state index contributed by atoms with van der Waals surface area (Å²) in [5, 5.41) is 53.2. The molecule has 180 valence electrons. The first kappa shape index (κ1) is 25.9. The fourth-order valence-electron chi connectivity index (χ4n) is 3.98. The number of carboxylic acid groups (broad SMARTS) is 1. The van der Waals surface area contributed by atoms with Crippen LogP contribution in [0, 0.1) is 5.92 Å². The van der Waals surface area contributed by atoms with Crippen LogP contribution in [0.15, 0.2) is 0 Å². The largest absolute Gasteiger partial charge is 0.479 e. The number of ether oxygens (including phenoxy) is 4. The lowest BCUT2D eigenvalue weighted by Crippen LogP contribution is -2.68. The van der Waals surface area contributed by atoms with Gasteiger partial charge < -0.3 is 49.8 Å². The Hall–Kier alpha value is -1.38. The van der Waals surface area contributed by atoms with E-state index in [1.807, 2.05) is 13.8 Å². The smallest absolute Gasteiger partial charge is 0.335 e. The third-order valence-corrected chi connectivity index (χ3v) is 5.86. The minimum Gasteiger partial charge on any atom is -0.479 e. The van der Waals surface area contributed by atoms with Crippen LogP contribution in [0.3, 0.4) is 0 Å². The van der Waals surface area contributed by atoms with Gasteiger partial charge in [0.15, 0.2) is 12.4 Å². The van der Waals surface area contributed by atoms with Crippen molar-refractivity contribution in [2.75, 3.05) is 13.7 Å². The highest BCUT2D eigenvalue weighted by molar-refractivity contribution is 5.74. The van der Waals surface area contributed by atoms with Crippen LogP contribution in [0.1, 0.15) is 27.2 Å². The number of hydrogen-bond donors (Lipinski definition) is 6. The minimum absolute atomic E-state index is 0.114. The lowest BCUT2D eigenvalue weighted by atomic mass is 9.85. The molecule has 0 aromatic rings. The van der Waals surface area contributed by atoms with Crippen molar-refractivity contribution in [1.82, 2.24) is 5.32 Å². The standard InChI is InChI=1S/C19H33NO11/c1-5-7(2)14-10(20-8(3)22)15(11(23)9(6-21)29-14)30-19-13(25)12(24)16(28-4)17(31-19)18(26)27/h7,9-17,19,21,23-25H,5-6H2,1-4H3,(H,20,22)(H,26,27)/t7?,9?,10?,11?,12?,13?,14-,15?,16?,17?,19?/m1/s1. The highest BCUT2D eigenvalue weighted by atomic mass is 16.7. The number of aliphatic hydroxyl groups excluding tert-OH is 4. The SMILES string of the molecule is CCC(C)[C@H]1OC(CO)C(O)C(OC2OC(C(=O)O)C(OC)C(O)C2O)C1NC(C)=O. The Kier molecular flexibility index (Phi) is 9.15. The van der Waals surface area contributed by atoms with Gasteiger partial charge in [-0.15, -0.1) is 0 Å². The quantitative estimate of drug-likeness (QED) is 0.231. The predicted octanol–water partition coefficient (Wildman–Crippen LogP) is -2.41. The summed E-state index contributed by atoms with van der Waals surface area (Å²) in [7, 11) is 1.17. The van der Waals surface area contributed by atoms with Crippen LogP contribution in [-0.2, 0) is 28.5 Å². The number of carboxylic acids is 1. The molecule has 0 aliphatic carbocycles. The van der Waals surface area contributed by atoms with Gasteiger partial charge in [0.1, 0.15) is 36.6 Å². The van der Waals surface area contributed by atoms with Crippen molar-refractivity contribution in [2.24, 2.45) is 5.92 Å². The minimum atomic E-state index is -1.71. The van der Waals surface area contributed by atoms with Gasteiger partial charge in [-0.1, -0.05) is 20.3 Å². The molecule has 2 aliphatic heterocycles. The molecule has 2 rings (SSSR count). The number of carbonyl (C=O) groups excluding carboxylic acids is 1. The molecule has 11 atom stereocenters. The molecule has 0 spiro atoms. The van der Waals surface area contributed by atoms with Crippen molar-refractivity contribution in [3.05, 3.63) is 0 Å². The zero-order chi connectivity index (χ0) is 23.5. The number of amides is 1. The van der Waals surface area contributed by atoms with Crippen LogP contribution in [0.25, 0.3) is 0 Å². The number of carbonyl (C=O) groups is 2. The van der Waals surface area contributed by atoms with Crippen LogP contribution in [0.5, 0.6) is 0 Å². The van der Waals surface area contributed by atoms with E-state index < -0.39 is 79.6 Å². The number of hydrogen-bond acceptors (Lipinski definition) is 10. The molecule has 31 heavy (non-hydrogen) atoms. The van der Waals surface area contributed by atoms with Crippen molar-refractivity contribution in [1.29, 1.82) is 0 Å².